The molecule has 4 nitrogen and oxygen atoms in total. The summed E-state index contributed by atoms with van der Waals surface area (Å²) in [5.74, 6) is 1.07. The molecule has 0 saturated carbocycles. The summed E-state index contributed by atoms with van der Waals surface area (Å²) in [4.78, 5) is 12.5. The number of hydrogen-bond acceptors (Lipinski definition) is 4. The normalized spacial score (nSPS) is 12.1. The van der Waals surface area contributed by atoms with Crippen molar-refractivity contribution in [1.29, 1.82) is 0 Å². The number of carbonyl (C=O) groups is 1. The zero-order valence-corrected chi connectivity index (χ0v) is 19.3. The lowest BCUT2D eigenvalue weighted by atomic mass is 9.87. The Labute approximate surface area is 191 Å². The van der Waals surface area contributed by atoms with Gasteiger partial charge in [-0.1, -0.05) is 75.4 Å². The van der Waals surface area contributed by atoms with Crippen LogP contribution in [0.2, 0.25) is 0 Å². The Morgan fingerprint density at radius 1 is 0.812 bits per heavy atom. The predicted molar refractivity (Wildman–Crippen MR) is 127 cm³/mol. The third kappa shape index (κ3) is 6.88. The molecule has 32 heavy (non-hydrogen) atoms. The lowest BCUT2D eigenvalue weighted by Gasteiger charge is -2.21. The largest absolute Gasteiger partial charge is 0.489 e. The summed E-state index contributed by atoms with van der Waals surface area (Å²) in [5.41, 5.74) is 3.36. The Bertz CT molecular complexity index is 971. The van der Waals surface area contributed by atoms with Crippen molar-refractivity contribution in [3.05, 3.63) is 95.6 Å². The van der Waals surface area contributed by atoms with E-state index in [2.05, 4.69) is 20.8 Å². The molecule has 0 unspecified atom stereocenters. The molecule has 0 aliphatic rings. The van der Waals surface area contributed by atoms with Gasteiger partial charge >= 0.3 is 5.97 Å². The molecule has 3 rings (SSSR count). The summed E-state index contributed by atoms with van der Waals surface area (Å²) in [5, 5.41) is 0. The summed E-state index contributed by atoms with van der Waals surface area (Å²) in [6.07, 6.45) is -0.301. The molecule has 0 bridgehead atoms. The van der Waals surface area contributed by atoms with Crippen LogP contribution in [0.4, 0.5) is 0 Å². The molecule has 0 heterocycles. The van der Waals surface area contributed by atoms with Gasteiger partial charge in [-0.05, 0) is 53.3 Å². The second-order valence-corrected chi connectivity index (χ2v) is 8.76. The Kier molecular flexibility index (Phi) is 7.93. The van der Waals surface area contributed by atoms with E-state index in [-0.39, 0.29) is 11.4 Å². The summed E-state index contributed by atoms with van der Waals surface area (Å²) in [6.45, 7) is 9.12. The molecule has 3 aromatic carbocycles. The first-order valence-corrected chi connectivity index (χ1v) is 11.0. The van der Waals surface area contributed by atoms with Crippen LogP contribution in [-0.2, 0) is 28.0 Å². The lowest BCUT2D eigenvalue weighted by Crippen LogP contribution is -2.31. The van der Waals surface area contributed by atoms with Crippen LogP contribution < -0.4 is 9.47 Å². The number of benzene rings is 3. The van der Waals surface area contributed by atoms with E-state index < -0.39 is 6.10 Å². The molecule has 168 valence electrons. The standard InChI is InChI=1S/C28H32O4/c1-5-30-27(29)26(32-25-17-13-23(14-18-25)28(2,3)4)19-21-11-15-24(16-12-21)31-20-22-9-7-6-8-10-22/h6-18,26H,5,19-20H2,1-4H3/t26-/m0/s1. The Morgan fingerprint density at radius 3 is 2.03 bits per heavy atom. The van der Waals surface area contributed by atoms with E-state index in [9.17, 15) is 4.79 Å². The van der Waals surface area contributed by atoms with Gasteiger partial charge in [0, 0.05) is 6.42 Å². The van der Waals surface area contributed by atoms with Crippen LogP contribution in [0, 0.1) is 0 Å². The van der Waals surface area contributed by atoms with Crippen molar-refractivity contribution in [2.45, 2.75) is 52.2 Å². The third-order valence-corrected chi connectivity index (χ3v) is 5.14. The van der Waals surface area contributed by atoms with E-state index in [0.29, 0.717) is 25.4 Å². The second kappa shape index (κ2) is 10.9. The number of esters is 1. The van der Waals surface area contributed by atoms with Crippen LogP contribution in [0.3, 0.4) is 0 Å². The Hall–Kier alpha value is -3.27. The lowest BCUT2D eigenvalue weighted by molar-refractivity contribution is -0.151. The van der Waals surface area contributed by atoms with Crippen molar-refractivity contribution in [3.63, 3.8) is 0 Å². The van der Waals surface area contributed by atoms with Crippen molar-refractivity contribution < 1.29 is 19.0 Å². The molecule has 0 aliphatic heterocycles. The molecule has 0 aliphatic carbocycles. The minimum absolute atomic E-state index is 0.0589. The molecular weight excluding hydrogens is 400 g/mol. The average Bonchev–Trinajstić information content (AvgIpc) is 2.79. The Balaban J connectivity index is 1.65. The van der Waals surface area contributed by atoms with Gasteiger partial charge in [0.1, 0.15) is 18.1 Å². The molecular formula is C28H32O4. The summed E-state index contributed by atoms with van der Waals surface area (Å²) in [7, 11) is 0. The van der Waals surface area contributed by atoms with E-state index in [1.807, 2.05) is 78.9 Å². The van der Waals surface area contributed by atoms with E-state index in [1.165, 1.54) is 5.56 Å². The van der Waals surface area contributed by atoms with Gasteiger partial charge < -0.3 is 14.2 Å². The van der Waals surface area contributed by atoms with Gasteiger partial charge in [-0.25, -0.2) is 4.79 Å². The number of ether oxygens (including phenoxy) is 3. The fraction of sp³-hybridized carbons (Fsp3) is 0.321. The minimum atomic E-state index is -0.716. The van der Waals surface area contributed by atoms with Crippen LogP contribution in [0.25, 0.3) is 0 Å². The summed E-state index contributed by atoms with van der Waals surface area (Å²) in [6, 6.07) is 25.7. The zero-order chi connectivity index (χ0) is 23.0. The highest BCUT2D eigenvalue weighted by molar-refractivity contribution is 5.75. The summed E-state index contributed by atoms with van der Waals surface area (Å²) >= 11 is 0. The molecule has 0 saturated heterocycles. The van der Waals surface area contributed by atoms with E-state index in [1.54, 1.807) is 6.92 Å². The highest BCUT2D eigenvalue weighted by Gasteiger charge is 2.23. The fourth-order valence-corrected chi connectivity index (χ4v) is 3.28. The molecule has 4 heteroatoms. The first-order chi connectivity index (χ1) is 15.3. The number of rotatable bonds is 9. The SMILES string of the molecule is CCOC(=O)[C@H](Cc1ccc(OCc2ccccc2)cc1)Oc1ccc(C(C)(C)C)cc1. The van der Waals surface area contributed by atoms with Crippen LogP contribution >= 0.6 is 0 Å². The van der Waals surface area contributed by atoms with Crippen molar-refractivity contribution in [3.8, 4) is 11.5 Å². The second-order valence-electron chi connectivity index (χ2n) is 8.76. The highest BCUT2D eigenvalue weighted by atomic mass is 16.6. The first kappa shape index (κ1) is 23.4. The Morgan fingerprint density at radius 2 is 1.44 bits per heavy atom. The smallest absolute Gasteiger partial charge is 0.347 e. The molecule has 0 fully saturated rings. The molecule has 0 amide bonds. The van der Waals surface area contributed by atoms with Crippen LogP contribution in [0.5, 0.6) is 11.5 Å². The molecule has 0 N–H and O–H groups in total. The monoisotopic (exact) mass is 432 g/mol. The number of hydrogen-bond donors (Lipinski definition) is 0. The van der Waals surface area contributed by atoms with Gasteiger partial charge in [-0.3, -0.25) is 0 Å². The highest BCUT2D eigenvalue weighted by Crippen LogP contribution is 2.25. The number of carbonyl (C=O) groups excluding carboxylic acids is 1. The van der Waals surface area contributed by atoms with Crippen molar-refractivity contribution in [2.24, 2.45) is 0 Å². The summed E-state index contributed by atoms with van der Waals surface area (Å²) < 4.78 is 17.1. The van der Waals surface area contributed by atoms with Gasteiger partial charge in [0.25, 0.3) is 0 Å². The molecule has 0 spiro atoms. The molecule has 0 radical (unpaired) electrons. The average molecular weight is 433 g/mol. The maximum absolute atomic E-state index is 12.5. The predicted octanol–water partition coefficient (Wildman–Crippen LogP) is 6.12. The zero-order valence-electron chi connectivity index (χ0n) is 19.3. The first-order valence-electron chi connectivity index (χ1n) is 11.0. The molecule has 0 aromatic heterocycles. The van der Waals surface area contributed by atoms with Gasteiger partial charge in [0.2, 0.25) is 0 Å². The van der Waals surface area contributed by atoms with Gasteiger partial charge in [0.05, 0.1) is 6.61 Å². The van der Waals surface area contributed by atoms with Crippen LogP contribution in [-0.4, -0.2) is 18.7 Å². The van der Waals surface area contributed by atoms with Gasteiger partial charge in [0.15, 0.2) is 6.10 Å². The van der Waals surface area contributed by atoms with Crippen molar-refractivity contribution >= 4 is 5.97 Å². The molecule has 1 atom stereocenters. The maximum Gasteiger partial charge on any atom is 0.347 e. The van der Waals surface area contributed by atoms with Crippen LogP contribution in [0.1, 0.15) is 44.4 Å². The third-order valence-electron chi connectivity index (χ3n) is 5.14. The van der Waals surface area contributed by atoms with Crippen molar-refractivity contribution in [1.82, 2.24) is 0 Å². The van der Waals surface area contributed by atoms with E-state index in [4.69, 9.17) is 14.2 Å². The minimum Gasteiger partial charge on any atom is -0.489 e. The molecule has 3 aromatic rings. The van der Waals surface area contributed by atoms with Gasteiger partial charge in [-0.15, -0.1) is 0 Å². The van der Waals surface area contributed by atoms with Crippen molar-refractivity contribution in [2.75, 3.05) is 6.61 Å². The maximum atomic E-state index is 12.5. The van der Waals surface area contributed by atoms with Gasteiger partial charge in [-0.2, -0.15) is 0 Å². The van der Waals surface area contributed by atoms with E-state index >= 15 is 0 Å². The van der Waals surface area contributed by atoms with E-state index in [0.717, 1.165) is 16.9 Å². The quantitative estimate of drug-likeness (QED) is 0.382. The topological polar surface area (TPSA) is 44.8 Å². The van der Waals surface area contributed by atoms with Crippen LogP contribution in [0.15, 0.2) is 78.9 Å². The fourth-order valence-electron chi connectivity index (χ4n) is 3.28.